The van der Waals surface area contributed by atoms with Gasteiger partial charge in [-0.1, -0.05) is 0 Å². The van der Waals surface area contributed by atoms with E-state index in [1.165, 1.54) is 12.1 Å². The van der Waals surface area contributed by atoms with Gasteiger partial charge in [0.05, 0.1) is 17.4 Å². The van der Waals surface area contributed by atoms with Crippen molar-refractivity contribution in [3.05, 3.63) is 24.0 Å². The minimum Gasteiger partial charge on any atom is -0.385 e. The van der Waals surface area contributed by atoms with Gasteiger partial charge in [-0.3, -0.25) is 4.79 Å². The number of rotatable bonds is 7. The van der Waals surface area contributed by atoms with Gasteiger partial charge in [0, 0.05) is 20.3 Å². The molecule has 0 fully saturated rings. The maximum absolute atomic E-state index is 13.2. The molecule has 0 saturated heterocycles. The summed E-state index contributed by atoms with van der Waals surface area (Å²) < 4.78 is 18.1. The maximum Gasteiger partial charge on any atom is 0.238 e. The average molecular weight is 265 g/mol. The van der Waals surface area contributed by atoms with Crippen LogP contribution in [0.25, 0.3) is 0 Å². The summed E-state index contributed by atoms with van der Waals surface area (Å²) in [6.45, 7) is 1.25. The van der Waals surface area contributed by atoms with Crippen LogP contribution in [0.2, 0.25) is 0 Å². The van der Waals surface area contributed by atoms with Crippen molar-refractivity contribution < 1.29 is 13.9 Å². The number of anilines is 2. The Balaban J connectivity index is 2.68. The highest BCUT2D eigenvalue weighted by molar-refractivity contribution is 5.95. The van der Waals surface area contributed by atoms with Crippen LogP contribution >= 0.6 is 0 Å². The molecule has 0 bridgehead atoms. The van der Waals surface area contributed by atoms with Crippen molar-refractivity contribution in [3.63, 3.8) is 0 Å². The normalized spacial score (nSPS) is 9.74. The van der Waals surface area contributed by atoms with E-state index in [2.05, 4.69) is 10.6 Å². The molecule has 0 heterocycles. The van der Waals surface area contributed by atoms with E-state index < -0.39 is 11.7 Å². The number of methoxy groups -OCH3 is 1. The number of ether oxygens (including phenoxy) is 1. The van der Waals surface area contributed by atoms with Crippen LogP contribution in [0.3, 0.4) is 0 Å². The number of halogens is 1. The molecule has 0 aromatic heterocycles. The third-order valence-electron chi connectivity index (χ3n) is 2.34. The molecule has 1 aromatic rings. The Bertz CT molecular complexity index is 471. The fraction of sp³-hybridized carbons (Fsp3) is 0.385. The van der Waals surface area contributed by atoms with Crippen LogP contribution in [0.5, 0.6) is 0 Å². The molecule has 1 amide bonds. The SMILES string of the molecule is COCCCNc1ccc(F)cc1NC(=O)CC#N. The molecule has 0 unspecified atom stereocenters. The van der Waals surface area contributed by atoms with Gasteiger partial charge in [-0.25, -0.2) is 4.39 Å². The van der Waals surface area contributed by atoms with Crippen LogP contribution in [-0.2, 0) is 9.53 Å². The van der Waals surface area contributed by atoms with E-state index in [0.29, 0.717) is 24.5 Å². The second-order valence-electron chi connectivity index (χ2n) is 3.85. The first-order chi connectivity index (χ1) is 9.17. The van der Waals surface area contributed by atoms with Gasteiger partial charge in [0.15, 0.2) is 0 Å². The van der Waals surface area contributed by atoms with E-state index in [-0.39, 0.29) is 6.42 Å². The highest BCUT2D eigenvalue weighted by atomic mass is 19.1. The number of hydrogen-bond donors (Lipinski definition) is 2. The monoisotopic (exact) mass is 265 g/mol. The summed E-state index contributed by atoms with van der Waals surface area (Å²) in [5.41, 5.74) is 0.946. The third-order valence-corrected chi connectivity index (χ3v) is 2.34. The summed E-state index contributed by atoms with van der Waals surface area (Å²) in [5, 5.41) is 14.0. The number of nitrogens with one attached hydrogen (secondary N) is 2. The van der Waals surface area contributed by atoms with Gasteiger partial charge in [-0.05, 0) is 24.6 Å². The Morgan fingerprint density at radius 1 is 1.47 bits per heavy atom. The van der Waals surface area contributed by atoms with E-state index in [4.69, 9.17) is 10.00 Å². The van der Waals surface area contributed by atoms with Crippen LogP contribution in [0.1, 0.15) is 12.8 Å². The number of carbonyl (C=O) groups is 1. The number of nitrogens with zero attached hydrogens (tertiary/aromatic N) is 1. The highest BCUT2D eigenvalue weighted by Gasteiger charge is 2.07. The van der Waals surface area contributed by atoms with E-state index >= 15 is 0 Å². The lowest BCUT2D eigenvalue weighted by molar-refractivity contribution is -0.115. The van der Waals surface area contributed by atoms with Crippen LogP contribution in [0, 0.1) is 17.1 Å². The number of carbonyl (C=O) groups excluding carboxylic acids is 1. The Morgan fingerprint density at radius 3 is 2.95 bits per heavy atom. The van der Waals surface area contributed by atoms with Crippen molar-refractivity contribution in [1.29, 1.82) is 5.26 Å². The molecule has 0 spiro atoms. The van der Waals surface area contributed by atoms with Crippen LogP contribution < -0.4 is 10.6 Å². The van der Waals surface area contributed by atoms with E-state index in [0.717, 1.165) is 6.42 Å². The summed E-state index contributed by atoms with van der Waals surface area (Å²) >= 11 is 0. The predicted octanol–water partition coefficient (Wildman–Crippen LogP) is 2.13. The smallest absolute Gasteiger partial charge is 0.238 e. The Hall–Kier alpha value is -2.13. The molecule has 0 aliphatic carbocycles. The maximum atomic E-state index is 13.2. The fourth-order valence-corrected chi connectivity index (χ4v) is 1.48. The zero-order valence-electron chi connectivity index (χ0n) is 10.7. The van der Waals surface area contributed by atoms with Gasteiger partial charge in [-0.15, -0.1) is 0 Å². The summed E-state index contributed by atoms with van der Waals surface area (Å²) in [6.07, 6.45) is 0.527. The lowest BCUT2D eigenvalue weighted by atomic mass is 10.2. The molecule has 5 nitrogen and oxygen atoms in total. The molecular formula is C13H16FN3O2. The molecule has 0 aliphatic heterocycles. The highest BCUT2D eigenvalue weighted by Crippen LogP contribution is 2.22. The second-order valence-corrected chi connectivity index (χ2v) is 3.85. The van der Waals surface area contributed by atoms with E-state index in [1.54, 1.807) is 19.2 Å². The number of amides is 1. The third kappa shape index (κ3) is 5.36. The zero-order valence-corrected chi connectivity index (χ0v) is 10.7. The molecule has 0 saturated carbocycles. The molecule has 19 heavy (non-hydrogen) atoms. The molecule has 0 aliphatic rings. The lowest BCUT2D eigenvalue weighted by Gasteiger charge is -2.12. The van der Waals surface area contributed by atoms with Gasteiger partial charge < -0.3 is 15.4 Å². The Morgan fingerprint density at radius 2 is 2.26 bits per heavy atom. The zero-order chi connectivity index (χ0) is 14.1. The molecule has 0 atom stereocenters. The van der Waals surface area contributed by atoms with Gasteiger partial charge in [0.1, 0.15) is 12.2 Å². The van der Waals surface area contributed by atoms with Gasteiger partial charge >= 0.3 is 0 Å². The quantitative estimate of drug-likeness (QED) is 0.741. The molecule has 2 N–H and O–H groups in total. The molecule has 6 heteroatoms. The molecule has 1 aromatic carbocycles. The van der Waals surface area contributed by atoms with Gasteiger partial charge in [0.2, 0.25) is 5.91 Å². The van der Waals surface area contributed by atoms with E-state index in [9.17, 15) is 9.18 Å². The Kier molecular flexibility index (Phi) is 6.33. The number of hydrogen-bond acceptors (Lipinski definition) is 4. The van der Waals surface area contributed by atoms with Gasteiger partial charge in [0.25, 0.3) is 0 Å². The van der Waals surface area contributed by atoms with Crippen molar-refractivity contribution in [2.24, 2.45) is 0 Å². The summed E-state index contributed by atoms with van der Waals surface area (Å²) in [7, 11) is 1.62. The number of benzene rings is 1. The Labute approximate surface area is 111 Å². The minimum atomic E-state index is -0.465. The second kappa shape index (κ2) is 8.06. The summed E-state index contributed by atoms with van der Waals surface area (Å²) in [6, 6.07) is 5.81. The first kappa shape index (κ1) is 14.9. The average Bonchev–Trinajstić information content (AvgIpc) is 2.37. The standard InChI is InChI=1S/C13H16FN3O2/c1-19-8-2-7-16-11-4-3-10(14)9-12(11)17-13(18)5-6-15/h3-4,9,16H,2,5,7-8H2,1H3,(H,17,18). The molecule has 1 rings (SSSR count). The van der Waals surface area contributed by atoms with Crippen molar-refractivity contribution in [1.82, 2.24) is 0 Å². The van der Waals surface area contributed by atoms with Crippen molar-refractivity contribution in [3.8, 4) is 6.07 Å². The van der Waals surface area contributed by atoms with Crippen molar-refractivity contribution >= 4 is 17.3 Å². The minimum absolute atomic E-state index is 0.264. The lowest BCUT2D eigenvalue weighted by Crippen LogP contribution is -2.13. The topological polar surface area (TPSA) is 74.2 Å². The largest absolute Gasteiger partial charge is 0.385 e. The first-order valence-electron chi connectivity index (χ1n) is 5.86. The fourth-order valence-electron chi connectivity index (χ4n) is 1.48. The summed E-state index contributed by atoms with van der Waals surface area (Å²) in [4.78, 5) is 11.3. The van der Waals surface area contributed by atoms with Crippen LogP contribution in [-0.4, -0.2) is 26.2 Å². The van der Waals surface area contributed by atoms with Gasteiger partial charge in [-0.2, -0.15) is 5.26 Å². The predicted molar refractivity (Wildman–Crippen MR) is 70.2 cm³/mol. The number of nitriles is 1. The van der Waals surface area contributed by atoms with Crippen LogP contribution in [0.15, 0.2) is 18.2 Å². The summed E-state index contributed by atoms with van der Waals surface area (Å²) in [5.74, 6) is -0.914. The first-order valence-corrected chi connectivity index (χ1v) is 5.86. The van der Waals surface area contributed by atoms with Crippen molar-refractivity contribution in [2.45, 2.75) is 12.8 Å². The molecular weight excluding hydrogens is 249 g/mol. The molecule has 102 valence electrons. The van der Waals surface area contributed by atoms with Crippen molar-refractivity contribution in [2.75, 3.05) is 30.9 Å². The van der Waals surface area contributed by atoms with Crippen LogP contribution in [0.4, 0.5) is 15.8 Å². The van der Waals surface area contributed by atoms with E-state index in [1.807, 2.05) is 0 Å². The molecule has 0 radical (unpaired) electrons.